The molecule has 0 saturated heterocycles. The molecule has 178 valence electrons. The Kier molecular flexibility index (Phi) is 6.10. The Labute approximate surface area is 211 Å². The number of thiophene rings is 1. The van der Waals surface area contributed by atoms with Gasteiger partial charge in [0.25, 0.3) is 0 Å². The number of urea groups is 1. The predicted molar refractivity (Wildman–Crippen MR) is 146 cm³/mol. The number of carbonyl (C=O) groups is 2. The number of fused-ring (bicyclic) bond motifs is 1. The number of aromatic nitrogens is 1. The highest BCUT2D eigenvalue weighted by Gasteiger charge is 2.18. The molecule has 2 aromatic heterocycles. The summed E-state index contributed by atoms with van der Waals surface area (Å²) in [5.74, 6) is -0.626. The van der Waals surface area contributed by atoms with Crippen LogP contribution in [0.4, 0.5) is 22.0 Å². The van der Waals surface area contributed by atoms with Crippen molar-refractivity contribution in [2.24, 2.45) is 0 Å². The Balaban J connectivity index is 1.44. The van der Waals surface area contributed by atoms with Gasteiger partial charge in [0.15, 0.2) is 0 Å². The van der Waals surface area contributed by atoms with E-state index < -0.39 is 5.97 Å². The first-order valence-corrected chi connectivity index (χ1v) is 12.0. The third-order valence-corrected chi connectivity index (χ3v) is 6.82. The maximum absolute atomic E-state index is 12.4. The summed E-state index contributed by atoms with van der Waals surface area (Å²) in [6, 6.07) is 21.6. The van der Waals surface area contributed by atoms with Crippen LogP contribution in [0.3, 0.4) is 0 Å². The number of nitrogen functional groups attached to an aromatic ring is 1. The second kappa shape index (κ2) is 9.52. The molecule has 3 aromatic carbocycles. The van der Waals surface area contributed by atoms with Gasteiger partial charge in [0.05, 0.1) is 5.56 Å². The number of nitrogens with one attached hydrogen (secondary N) is 2. The fraction of sp³-hybridized carbons (Fsp3) is 0.0357. The molecular formula is C28H22N4O3S. The van der Waals surface area contributed by atoms with Gasteiger partial charge in [-0.3, -0.25) is 0 Å². The van der Waals surface area contributed by atoms with Crippen LogP contribution >= 0.6 is 11.3 Å². The fourth-order valence-corrected chi connectivity index (χ4v) is 5.24. The van der Waals surface area contributed by atoms with Crippen LogP contribution < -0.4 is 16.4 Å². The number of carboxylic acid groups (broad SMARTS) is 1. The summed E-state index contributed by atoms with van der Waals surface area (Å²) in [6.45, 7) is 1.96. The predicted octanol–water partition coefficient (Wildman–Crippen LogP) is 6.86. The van der Waals surface area contributed by atoms with Crippen LogP contribution in [-0.2, 0) is 0 Å². The van der Waals surface area contributed by atoms with E-state index in [1.54, 1.807) is 30.5 Å². The van der Waals surface area contributed by atoms with E-state index in [1.807, 2.05) is 60.8 Å². The molecule has 0 atom stereocenters. The second-order valence-electron chi connectivity index (χ2n) is 8.29. The van der Waals surface area contributed by atoms with E-state index in [1.165, 1.54) is 11.3 Å². The van der Waals surface area contributed by atoms with Crippen LogP contribution in [0.25, 0.3) is 32.3 Å². The van der Waals surface area contributed by atoms with E-state index in [2.05, 4.69) is 15.6 Å². The molecule has 0 saturated carbocycles. The smallest absolute Gasteiger partial charge is 0.336 e. The number of anilines is 3. The van der Waals surface area contributed by atoms with Crippen molar-refractivity contribution < 1.29 is 14.7 Å². The monoisotopic (exact) mass is 494 g/mol. The van der Waals surface area contributed by atoms with Crippen LogP contribution in [0, 0.1) is 6.92 Å². The van der Waals surface area contributed by atoms with Crippen molar-refractivity contribution >= 4 is 50.6 Å². The molecule has 5 aromatic rings. The van der Waals surface area contributed by atoms with Gasteiger partial charge < -0.3 is 21.5 Å². The van der Waals surface area contributed by atoms with Gasteiger partial charge in [-0.05, 0) is 59.3 Å². The Morgan fingerprint density at radius 1 is 0.889 bits per heavy atom. The summed E-state index contributed by atoms with van der Waals surface area (Å²) in [5.41, 5.74) is 12.0. The number of rotatable bonds is 5. The van der Waals surface area contributed by atoms with Crippen molar-refractivity contribution in [3.8, 4) is 22.3 Å². The normalized spacial score (nSPS) is 10.8. The Hall–Kier alpha value is -4.69. The third-order valence-electron chi connectivity index (χ3n) is 5.80. The zero-order valence-electron chi connectivity index (χ0n) is 19.3. The van der Waals surface area contributed by atoms with Crippen molar-refractivity contribution in [2.45, 2.75) is 6.92 Å². The van der Waals surface area contributed by atoms with E-state index in [9.17, 15) is 14.7 Å². The summed E-state index contributed by atoms with van der Waals surface area (Å²) >= 11 is 1.49. The molecule has 0 spiro atoms. The number of hydrogen-bond acceptors (Lipinski definition) is 5. The van der Waals surface area contributed by atoms with Gasteiger partial charge in [-0.1, -0.05) is 42.5 Å². The lowest BCUT2D eigenvalue weighted by Gasteiger charge is -2.10. The molecule has 5 N–H and O–H groups in total. The zero-order chi connectivity index (χ0) is 25.2. The number of nitrogens with two attached hydrogens (primary N) is 1. The number of amides is 2. The first-order chi connectivity index (χ1) is 17.4. The zero-order valence-corrected chi connectivity index (χ0v) is 20.1. The van der Waals surface area contributed by atoms with Crippen LogP contribution in [0.5, 0.6) is 0 Å². The van der Waals surface area contributed by atoms with Gasteiger partial charge in [0.2, 0.25) is 0 Å². The lowest BCUT2D eigenvalue weighted by Crippen LogP contribution is -2.19. The lowest BCUT2D eigenvalue weighted by molar-refractivity contribution is 0.0697. The molecule has 0 unspecified atom stereocenters. The number of pyridine rings is 1. The maximum Gasteiger partial charge on any atom is 0.336 e. The minimum absolute atomic E-state index is 0.208. The molecular weight excluding hydrogens is 472 g/mol. The van der Waals surface area contributed by atoms with Crippen molar-refractivity contribution in [2.75, 3.05) is 16.4 Å². The number of aromatic carboxylic acids is 1. The number of nitrogens with zero attached hydrogens (tertiary/aromatic N) is 1. The average Bonchev–Trinajstić information content (AvgIpc) is 3.31. The molecule has 5 rings (SSSR count). The SMILES string of the molecule is Cc1cccc(NC(=O)Nc2ccc(-c3csc4c(-c5ccccc5C(=O)O)cnc(N)c34)cc2)c1. The highest BCUT2D eigenvalue weighted by molar-refractivity contribution is 7.18. The van der Waals surface area contributed by atoms with Crippen molar-refractivity contribution in [3.63, 3.8) is 0 Å². The Bertz CT molecular complexity index is 1610. The van der Waals surface area contributed by atoms with Crippen LogP contribution in [0.15, 0.2) is 84.4 Å². The first-order valence-electron chi connectivity index (χ1n) is 11.1. The van der Waals surface area contributed by atoms with E-state index in [0.717, 1.165) is 38.0 Å². The van der Waals surface area contributed by atoms with Crippen molar-refractivity contribution in [3.05, 3.63) is 95.5 Å². The molecule has 0 aliphatic carbocycles. The van der Waals surface area contributed by atoms with Gasteiger partial charge in [0, 0.05) is 38.8 Å². The molecule has 2 amide bonds. The van der Waals surface area contributed by atoms with E-state index in [0.29, 0.717) is 17.1 Å². The Morgan fingerprint density at radius 2 is 1.64 bits per heavy atom. The molecule has 8 heteroatoms. The van der Waals surface area contributed by atoms with Crippen molar-refractivity contribution in [1.29, 1.82) is 0 Å². The Morgan fingerprint density at radius 3 is 2.39 bits per heavy atom. The lowest BCUT2D eigenvalue weighted by atomic mass is 9.98. The summed E-state index contributed by atoms with van der Waals surface area (Å²) in [7, 11) is 0. The number of benzene rings is 3. The first kappa shape index (κ1) is 23.1. The molecule has 36 heavy (non-hydrogen) atoms. The fourth-order valence-electron chi connectivity index (χ4n) is 4.13. The average molecular weight is 495 g/mol. The summed E-state index contributed by atoms with van der Waals surface area (Å²) in [4.78, 5) is 28.5. The molecule has 0 fully saturated rings. The number of carbonyl (C=O) groups excluding carboxylic acids is 1. The van der Waals surface area contributed by atoms with E-state index >= 15 is 0 Å². The largest absolute Gasteiger partial charge is 0.478 e. The number of aryl methyl sites for hydroxylation is 1. The van der Waals surface area contributed by atoms with Gasteiger partial charge in [0.1, 0.15) is 5.82 Å². The topological polar surface area (TPSA) is 117 Å². The molecule has 7 nitrogen and oxygen atoms in total. The molecule has 0 aliphatic rings. The molecule has 2 heterocycles. The van der Waals surface area contributed by atoms with Crippen molar-refractivity contribution in [1.82, 2.24) is 4.98 Å². The second-order valence-corrected chi connectivity index (χ2v) is 9.17. The highest BCUT2D eigenvalue weighted by atomic mass is 32.1. The van der Waals surface area contributed by atoms with Gasteiger partial charge in [-0.15, -0.1) is 11.3 Å². The standard InChI is InChI=1S/C28H22N4O3S/c1-16-5-4-6-19(13-16)32-28(35)31-18-11-9-17(10-12-18)23-15-36-25-22(14-30-26(29)24(23)25)20-7-2-3-8-21(20)27(33)34/h2-15H,1H3,(H2,29,30)(H,33,34)(H2,31,32,35). The minimum atomic E-state index is -0.998. The van der Waals surface area contributed by atoms with Gasteiger partial charge in [-0.25, -0.2) is 14.6 Å². The number of hydrogen-bond donors (Lipinski definition) is 4. The third kappa shape index (κ3) is 4.49. The van der Waals surface area contributed by atoms with E-state index in [-0.39, 0.29) is 11.6 Å². The summed E-state index contributed by atoms with van der Waals surface area (Å²) < 4.78 is 0.867. The molecule has 0 radical (unpaired) electrons. The van der Waals surface area contributed by atoms with Gasteiger partial charge >= 0.3 is 12.0 Å². The summed E-state index contributed by atoms with van der Waals surface area (Å²) in [5, 5.41) is 18.1. The molecule has 0 bridgehead atoms. The minimum Gasteiger partial charge on any atom is -0.478 e. The van der Waals surface area contributed by atoms with Gasteiger partial charge in [-0.2, -0.15) is 0 Å². The van der Waals surface area contributed by atoms with Crippen LogP contribution in [0.1, 0.15) is 15.9 Å². The van der Waals surface area contributed by atoms with E-state index in [4.69, 9.17) is 5.73 Å². The molecule has 0 aliphatic heterocycles. The highest BCUT2D eigenvalue weighted by Crippen LogP contribution is 2.42. The summed E-state index contributed by atoms with van der Waals surface area (Å²) in [6.07, 6.45) is 1.62. The van der Waals surface area contributed by atoms with Crippen LogP contribution in [-0.4, -0.2) is 22.1 Å². The quantitative estimate of drug-likeness (QED) is 0.213. The van der Waals surface area contributed by atoms with Crippen LogP contribution in [0.2, 0.25) is 0 Å². The number of carboxylic acids is 1. The maximum atomic E-state index is 12.4.